The number of aromatic amines is 1. The normalized spacial score (nSPS) is 12.0. The topological polar surface area (TPSA) is 41.8 Å². The lowest BCUT2D eigenvalue weighted by molar-refractivity contribution is 1.26. The van der Waals surface area contributed by atoms with Crippen molar-refractivity contribution in [2.24, 2.45) is 5.73 Å². The number of nitrogens with one attached hydrogen (secondary N) is 1. The van der Waals surface area contributed by atoms with Crippen LogP contribution in [0.5, 0.6) is 0 Å². The monoisotopic (exact) mass is 538 g/mol. The Morgan fingerprint density at radius 2 is 1.34 bits per heavy atom. The predicted molar refractivity (Wildman–Crippen MR) is 182 cm³/mol. The summed E-state index contributed by atoms with van der Waals surface area (Å²) >= 11 is 0. The third-order valence-corrected chi connectivity index (χ3v) is 6.49. The van der Waals surface area contributed by atoms with Gasteiger partial charge in [-0.1, -0.05) is 147 Å². The molecule has 0 saturated carbocycles. The number of rotatable bonds is 7. The first kappa shape index (κ1) is 30.7. The van der Waals surface area contributed by atoms with E-state index in [1.165, 1.54) is 32.9 Å². The van der Waals surface area contributed by atoms with Gasteiger partial charge >= 0.3 is 0 Å². The summed E-state index contributed by atoms with van der Waals surface area (Å²) in [6.45, 7) is 11.9. The Balaban J connectivity index is 0.000000254. The molecule has 0 aliphatic carbocycles. The SMILES string of the molecule is C=C\C(C)=C/C=C/C(N)=C/C(=C\Cc1ccc(C)cc1)c1ccccc1.CC.c1ccc2c(c1)[nH]c1ccccc12. The van der Waals surface area contributed by atoms with Crippen LogP contribution in [0.15, 0.2) is 157 Å². The summed E-state index contributed by atoms with van der Waals surface area (Å²) in [5.74, 6) is 0. The number of benzene rings is 4. The minimum absolute atomic E-state index is 0.720. The van der Waals surface area contributed by atoms with Crippen molar-refractivity contribution >= 4 is 27.4 Å². The minimum atomic E-state index is 0.720. The van der Waals surface area contributed by atoms with Gasteiger partial charge in [-0.3, -0.25) is 0 Å². The van der Waals surface area contributed by atoms with Gasteiger partial charge in [0.25, 0.3) is 0 Å². The van der Waals surface area contributed by atoms with Crippen molar-refractivity contribution in [3.05, 3.63) is 174 Å². The largest absolute Gasteiger partial charge is 0.399 e. The average Bonchev–Trinajstić information content (AvgIpc) is 3.40. The van der Waals surface area contributed by atoms with Crippen LogP contribution in [0.3, 0.4) is 0 Å². The molecule has 5 rings (SSSR count). The van der Waals surface area contributed by atoms with Crippen LogP contribution < -0.4 is 5.73 Å². The number of para-hydroxylation sites is 2. The summed E-state index contributed by atoms with van der Waals surface area (Å²) in [6.07, 6.45) is 12.8. The second-order valence-electron chi connectivity index (χ2n) is 9.55. The van der Waals surface area contributed by atoms with Crippen molar-refractivity contribution in [2.45, 2.75) is 34.1 Å². The fraction of sp³-hybridized carbons (Fsp3) is 0.128. The molecule has 0 aliphatic heterocycles. The van der Waals surface area contributed by atoms with Gasteiger partial charge in [0.2, 0.25) is 0 Å². The van der Waals surface area contributed by atoms with Gasteiger partial charge in [-0.05, 0) is 61.3 Å². The molecule has 1 aromatic heterocycles. The van der Waals surface area contributed by atoms with Gasteiger partial charge in [-0.25, -0.2) is 0 Å². The lowest BCUT2D eigenvalue weighted by Crippen LogP contribution is -1.94. The van der Waals surface area contributed by atoms with Gasteiger partial charge < -0.3 is 10.7 Å². The summed E-state index contributed by atoms with van der Waals surface area (Å²) < 4.78 is 0. The zero-order chi connectivity index (χ0) is 29.5. The summed E-state index contributed by atoms with van der Waals surface area (Å²) in [5, 5.41) is 2.61. The number of allylic oxidation sites excluding steroid dienone is 8. The van der Waals surface area contributed by atoms with E-state index in [9.17, 15) is 0 Å². The summed E-state index contributed by atoms with van der Waals surface area (Å²) in [7, 11) is 0. The fourth-order valence-corrected chi connectivity index (χ4v) is 4.25. The molecule has 0 atom stereocenters. The van der Waals surface area contributed by atoms with Crippen LogP contribution in [-0.4, -0.2) is 4.98 Å². The van der Waals surface area contributed by atoms with Gasteiger partial charge in [0, 0.05) is 27.5 Å². The van der Waals surface area contributed by atoms with E-state index >= 15 is 0 Å². The van der Waals surface area contributed by atoms with Gasteiger partial charge in [0.05, 0.1) is 0 Å². The Kier molecular flexibility index (Phi) is 12.2. The zero-order valence-electron chi connectivity index (χ0n) is 24.8. The Hall–Kier alpha value is -4.82. The molecule has 2 nitrogen and oxygen atoms in total. The van der Waals surface area contributed by atoms with Crippen molar-refractivity contribution in [2.75, 3.05) is 0 Å². The number of aryl methyl sites for hydroxylation is 1. The Morgan fingerprint density at radius 3 is 1.93 bits per heavy atom. The molecule has 1 heterocycles. The third-order valence-electron chi connectivity index (χ3n) is 6.49. The highest BCUT2D eigenvalue weighted by atomic mass is 14.7. The molecule has 0 bridgehead atoms. The molecule has 0 fully saturated rings. The maximum Gasteiger partial charge on any atom is 0.0464 e. The molecule has 0 amide bonds. The third kappa shape index (κ3) is 9.40. The molecule has 0 radical (unpaired) electrons. The summed E-state index contributed by atoms with van der Waals surface area (Å²) in [4.78, 5) is 3.38. The molecule has 3 N–H and O–H groups in total. The molecule has 5 aromatic rings. The molecule has 0 unspecified atom stereocenters. The van der Waals surface area contributed by atoms with E-state index < -0.39 is 0 Å². The average molecular weight is 539 g/mol. The van der Waals surface area contributed by atoms with Crippen LogP contribution in [-0.2, 0) is 6.42 Å². The molecule has 4 aromatic carbocycles. The first-order valence-corrected chi connectivity index (χ1v) is 14.2. The van der Waals surface area contributed by atoms with Crippen LogP contribution in [0.4, 0.5) is 0 Å². The van der Waals surface area contributed by atoms with Crippen molar-refractivity contribution < 1.29 is 0 Å². The Labute approximate surface area is 245 Å². The number of nitrogens with two attached hydrogens (primary N) is 1. The maximum atomic E-state index is 6.21. The van der Waals surface area contributed by atoms with Gasteiger partial charge in [-0.15, -0.1) is 0 Å². The first-order chi connectivity index (χ1) is 20.0. The number of hydrogen-bond donors (Lipinski definition) is 2. The molecule has 2 heteroatoms. The molecular weight excluding hydrogens is 496 g/mol. The van der Waals surface area contributed by atoms with E-state index in [4.69, 9.17) is 5.73 Å². The van der Waals surface area contributed by atoms with E-state index in [1.54, 1.807) is 0 Å². The van der Waals surface area contributed by atoms with E-state index in [-0.39, 0.29) is 0 Å². The second-order valence-corrected chi connectivity index (χ2v) is 9.55. The second kappa shape index (κ2) is 16.3. The molecule has 208 valence electrons. The smallest absolute Gasteiger partial charge is 0.0464 e. The highest BCUT2D eigenvalue weighted by Gasteiger charge is 2.01. The summed E-state index contributed by atoms with van der Waals surface area (Å²) in [5.41, 5.74) is 15.3. The lowest BCUT2D eigenvalue weighted by atomic mass is 10.0. The minimum Gasteiger partial charge on any atom is -0.399 e. The van der Waals surface area contributed by atoms with E-state index in [1.807, 2.05) is 69.4 Å². The number of aromatic nitrogens is 1. The first-order valence-electron chi connectivity index (χ1n) is 14.2. The highest BCUT2D eigenvalue weighted by Crippen LogP contribution is 2.24. The fourth-order valence-electron chi connectivity index (χ4n) is 4.25. The highest BCUT2D eigenvalue weighted by molar-refractivity contribution is 6.06. The van der Waals surface area contributed by atoms with Crippen LogP contribution in [0.1, 0.15) is 37.5 Å². The van der Waals surface area contributed by atoms with Crippen molar-refractivity contribution in [3.63, 3.8) is 0 Å². The molecule has 0 saturated heterocycles. The maximum absolute atomic E-state index is 6.21. The zero-order valence-corrected chi connectivity index (χ0v) is 24.8. The van der Waals surface area contributed by atoms with Gasteiger partial charge in [-0.2, -0.15) is 0 Å². The molecule has 0 spiro atoms. The number of hydrogen-bond acceptors (Lipinski definition) is 1. The van der Waals surface area contributed by atoms with Crippen molar-refractivity contribution in [1.82, 2.24) is 4.98 Å². The standard InChI is InChI=1S/C25H27N.C12H9N.C2H6/c1-4-20(2)9-8-12-25(26)19-24(23-10-6-5-7-11-23)18-17-22-15-13-21(3)14-16-22;1-3-7-11-9(5-1)10-6-2-4-8-12(10)13-11;1-2/h4-16,18-19H,1,17,26H2,2-3H3;1-8,13H;1-2H3/b12-8+,20-9-,24-18+,25-19-;;. The Morgan fingerprint density at radius 1 is 0.780 bits per heavy atom. The van der Waals surface area contributed by atoms with Crippen LogP contribution >= 0.6 is 0 Å². The summed E-state index contributed by atoms with van der Waals surface area (Å²) in [6, 6.07) is 35.7. The van der Waals surface area contributed by atoms with E-state index in [2.05, 4.69) is 109 Å². The lowest BCUT2D eigenvalue weighted by Gasteiger charge is -2.05. The number of H-pyrrole nitrogens is 1. The van der Waals surface area contributed by atoms with Crippen LogP contribution in [0.25, 0.3) is 27.4 Å². The molecule has 41 heavy (non-hydrogen) atoms. The predicted octanol–water partition coefficient (Wildman–Crippen LogP) is 10.5. The van der Waals surface area contributed by atoms with Crippen molar-refractivity contribution in [3.8, 4) is 0 Å². The van der Waals surface area contributed by atoms with Crippen LogP contribution in [0, 0.1) is 6.92 Å². The Bertz CT molecular complexity index is 1590. The molecular formula is C39H42N2. The van der Waals surface area contributed by atoms with E-state index in [0.717, 1.165) is 28.8 Å². The molecule has 0 aliphatic rings. The van der Waals surface area contributed by atoms with Gasteiger partial charge in [0.15, 0.2) is 0 Å². The van der Waals surface area contributed by atoms with Gasteiger partial charge in [0.1, 0.15) is 0 Å². The van der Waals surface area contributed by atoms with Crippen molar-refractivity contribution in [1.29, 1.82) is 0 Å². The van der Waals surface area contributed by atoms with Crippen LogP contribution in [0.2, 0.25) is 0 Å². The number of fused-ring (bicyclic) bond motifs is 3. The van der Waals surface area contributed by atoms with E-state index in [0.29, 0.717) is 0 Å². The quantitative estimate of drug-likeness (QED) is 0.199.